The van der Waals surface area contributed by atoms with E-state index in [0.29, 0.717) is 12.6 Å². The summed E-state index contributed by atoms with van der Waals surface area (Å²) in [5.74, 6) is 0. The quantitative estimate of drug-likeness (QED) is 0.781. The molecule has 1 aromatic heterocycles. The van der Waals surface area contributed by atoms with Gasteiger partial charge in [0.05, 0.1) is 24.7 Å². The molecular weight excluding hydrogens is 190 g/mol. The Morgan fingerprint density at radius 2 is 2.33 bits per heavy atom. The van der Waals surface area contributed by atoms with Crippen molar-refractivity contribution in [2.75, 3.05) is 13.7 Å². The number of aromatic nitrogens is 2. The molecule has 0 aliphatic rings. The van der Waals surface area contributed by atoms with Gasteiger partial charge in [-0.1, -0.05) is 13.3 Å². The molecule has 0 aliphatic heterocycles. The molecule has 0 radical (unpaired) electrons. The van der Waals surface area contributed by atoms with Crippen molar-refractivity contribution in [2.45, 2.75) is 38.8 Å². The van der Waals surface area contributed by atoms with Crippen molar-refractivity contribution < 1.29 is 4.74 Å². The van der Waals surface area contributed by atoms with E-state index >= 15 is 0 Å². The second-order valence-electron chi connectivity index (χ2n) is 3.91. The Morgan fingerprint density at radius 1 is 1.60 bits per heavy atom. The zero-order valence-corrected chi connectivity index (χ0v) is 9.81. The molecular formula is C11H21N3O. The minimum Gasteiger partial charge on any atom is -0.383 e. The van der Waals surface area contributed by atoms with Crippen molar-refractivity contribution in [1.29, 1.82) is 0 Å². The van der Waals surface area contributed by atoms with Gasteiger partial charge in [0.25, 0.3) is 0 Å². The standard InChI is InChI=1S/C11H21N3O/c1-4-5-10(7-15-3)14-8-13-6-11(14)9(2)12/h6,8-10H,4-5,7,12H2,1-3H3/t9-,10?/m0/s1. The summed E-state index contributed by atoms with van der Waals surface area (Å²) >= 11 is 0. The van der Waals surface area contributed by atoms with E-state index in [2.05, 4.69) is 16.5 Å². The lowest BCUT2D eigenvalue weighted by Crippen LogP contribution is -2.19. The fourth-order valence-electron chi connectivity index (χ4n) is 1.80. The molecule has 2 atom stereocenters. The molecule has 4 nitrogen and oxygen atoms in total. The second kappa shape index (κ2) is 5.88. The summed E-state index contributed by atoms with van der Waals surface area (Å²) < 4.78 is 7.36. The van der Waals surface area contributed by atoms with E-state index in [-0.39, 0.29) is 6.04 Å². The minimum atomic E-state index is 0.0173. The Labute approximate surface area is 91.4 Å². The number of rotatable bonds is 6. The number of nitrogens with zero attached hydrogens (tertiary/aromatic N) is 2. The van der Waals surface area contributed by atoms with Crippen LogP contribution < -0.4 is 5.73 Å². The van der Waals surface area contributed by atoms with Gasteiger partial charge in [-0.3, -0.25) is 0 Å². The normalized spacial score (nSPS) is 15.2. The van der Waals surface area contributed by atoms with Crippen molar-refractivity contribution in [1.82, 2.24) is 9.55 Å². The third kappa shape index (κ3) is 3.04. The number of methoxy groups -OCH3 is 1. The van der Waals surface area contributed by atoms with Crippen molar-refractivity contribution in [3.05, 3.63) is 18.2 Å². The Balaban J connectivity index is 2.84. The third-order valence-corrected chi connectivity index (χ3v) is 2.54. The largest absolute Gasteiger partial charge is 0.383 e. The molecule has 0 aromatic carbocycles. The number of ether oxygens (including phenoxy) is 1. The zero-order valence-electron chi connectivity index (χ0n) is 9.81. The molecule has 0 aliphatic carbocycles. The highest BCUT2D eigenvalue weighted by Crippen LogP contribution is 2.19. The van der Waals surface area contributed by atoms with Crippen molar-refractivity contribution in [3.63, 3.8) is 0 Å². The molecule has 15 heavy (non-hydrogen) atoms. The monoisotopic (exact) mass is 211 g/mol. The van der Waals surface area contributed by atoms with Gasteiger partial charge in [0, 0.05) is 19.3 Å². The van der Waals surface area contributed by atoms with Gasteiger partial charge in [-0.15, -0.1) is 0 Å². The lowest BCUT2D eigenvalue weighted by molar-refractivity contribution is 0.148. The van der Waals surface area contributed by atoms with Gasteiger partial charge in [0.15, 0.2) is 0 Å². The summed E-state index contributed by atoms with van der Waals surface area (Å²) in [6, 6.07) is 0.368. The van der Waals surface area contributed by atoms with Crippen LogP contribution >= 0.6 is 0 Å². The highest BCUT2D eigenvalue weighted by Gasteiger charge is 2.15. The summed E-state index contributed by atoms with van der Waals surface area (Å²) in [7, 11) is 1.73. The van der Waals surface area contributed by atoms with Gasteiger partial charge in [-0.2, -0.15) is 0 Å². The van der Waals surface area contributed by atoms with Crippen LogP contribution in [-0.4, -0.2) is 23.3 Å². The lowest BCUT2D eigenvalue weighted by atomic mass is 10.1. The van der Waals surface area contributed by atoms with Crippen LogP contribution in [-0.2, 0) is 4.74 Å². The third-order valence-electron chi connectivity index (χ3n) is 2.54. The molecule has 0 bridgehead atoms. The molecule has 1 aromatic rings. The molecule has 4 heteroatoms. The Kier molecular flexibility index (Phi) is 4.78. The predicted octanol–water partition coefficient (Wildman–Crippen LogP) is 1.89. The van der Waals surface area contributed by atoms with Gasteiger partial charge in [0.1, 0.15) is 0 Å². The molecule has 86 valence electrons. The first-order valence-electron chi connectivity index (χ1n) is 5.46. The maximum atomic E-state index is 5.89. The molecule has 0 amide bonds. The predicted molar refractivity (Wildman–Crippen MR) is 60.7 cm³/mol. The first-order valence-corrected chi connectivity index (χ1v) is 5.46. The van der Waals surface area contributed by atoms with E-state index in [0.717, 1.165) is 18.5 Å². The van der Waals surface area contributed by atoms with Crippen LogP contribution in [0.1, 0.15) is 44.5 Å². The average Bonchev–Trinajstić information content (AvgIpc) is 2.65. The molecule has 0 spiro atoms. The van der Waals surface area contributed by atoms with Crippen molar-refractivity contribution in [2.24, 2.45) is 5.73 Å². The summed E-state index contributed by atoms with van der Waals surface area (Å²) in [5.41, 5.74) is 6.96. The Morgan fingerprint density at radius 3 is 2.87 bits per heavy atom. The summed E-state index contributed by atoms with van der Waals surface area (Å²) in [4.78, 5) is 4.16. The topological polar surface area (TPSA) is 53.1 Å². The van der Waals surface area contributed by atoms with E-state index < -0.39 is 0 Å². The smallest absolute Gasteiger partial charge is 0.0952 e. The van der Waals surface area contributed by atoms with Gasteiger partial charge in [-0.25, -0.2) is 4.98 Å². The molecule has 1 unspecified atom stereocenters. The van der Waals surface area contributed by atoms with E-state index in [1.54, 1.807) is 7.11 Å². The lowest BCUT2D eigenvalue weighted by Gasteiger charge is -2.21. The fraction of sp³-hybridized carbons (Fsp3) is 0.727. The summed E-state index contributed by atoms with van der Waals surface area (Å²) in [6.45, 7) is 4.86. The molecule has 1 heterocycles. The van der Waals surface area contributed by atoms with Crippen LogP contribution in [0.2, 0.25) is 0 Å². The molecule has 0 saturated heterocycles. The van der Waals surface area contributed by atoms with Gasteiger partial charge in [-0.05, 0) is 13.3 Å². The molecule has 0 saturated carbocycles. The van der Waals surface area contributed by atoms with Gasteiger partial charge in [0.2, 0.25) is 0 Å². The number of imidazole rings is 1. The highest BCUT2D eigenvalue weighted by molar-refractivity contribution is 5.04. The van der Waals surface area contributed by atoms with Crippen molar-refractivity contribution in [3.8, 4) is 0 Å². The van der Waals surface area contributed by atoms with Crippen LogP contribution in [0.25, 0.3) is 0 Å². The van der Waals surface area contributed by atoms with E-state index in [4.69, 9.17) is 10.5 Å². The number of hydrogen-bond donors (Lipinski definition) is 1. The van der Waals surface area contributed by atoms with Crippen LogP contribution in [0.3, 0.4) is 0 Å². The highest BCUT2D eigenvalue weighted by atomic mass is 16.5. The summed E-state index contributed by atoms with van der Waals surface area (Å²) in [6.07, 6.45) is 5.90. The second-order valence-corrected chi connectivity index (χ2v) is 3.91. The maximum Gasteiger partial charge on any atom is 0.0952 e. The zero-order chi connectivity index (χ0) is 11.3. The average molecular weight is 211 g/mol. The van der Waals surface area contributed by atoms with E-state index in [1.165, 1.54) is 0 Å². The Bertz CT molecular complexity index is 277. The molecule has 2 N–H and O–H groups in total. The van der Waals surface area contributed by atoms with Gasteiger partial charge >= 0.3 is 0 Å². The number of hydrogen-bond acceptors (Lipinski definition) is 3. The fourth-order valence-corrected chi connectivity index (χ4v) is 1.80. The first-order chi connectivity index (χ1) is 7.20. The van der Waals surface area contributed by atoms with Crippen LogP contribution in [0.5, 0.6) is 0 Å². The van der Waals surface area contributed by atoms with Crippen LogP contribution in [0.15, 0.2) is 12.5 Å². The first kappa shape index (κ1) is 12.2. The number of nitrogens with two attached hydrogens (primary N) is 1. The molecule has 1 rings (SSSR count). The van der Waals surface area contributed by atoms with Crippen LogP contribution in [0, 0.1) is 0 Å². The minimum absolute atomic E-state index is 0.0173. The summed E-state index contributed by atoms with van der Waals surface area (Å²) in [5, 5.41) is 0. The van der Waals surface area contributed by atoms with E-state index in [9.17, 15) is 0 Å². The molecule has 0 fully saturated rings. The van der Waals surface area contributed by atoms with E-state index in [1.807, 2.05) is 19.4 Å². The maximum absolute atomic E-state index is 5.89. The van der Waals surface area contributed by atoms with Crippen molar-refractivity contribution >= 4 is 0 Å². The Hall–Kier alpha value is -0.870. The van der Waals surface area contributed by atoms with Crippen LogP contribution in [0.4, 0.5) is 0 Å². The van der Waals surface area contributed by atoms with Gasteiger partial charge < -0.3 is 15.0 Å². The SMILES string of the molecule is CCCC(COC)n1cncc1[C@H](C)N.